The second-order valence-electron chi connectivity index (χ2n) is 2.77. The summed E-state index contributed by atoms with van der Waals surface area (Å²) in [6.45, 7) is 16.5. The molecule has 0 saturated carbocycles. The lowest BCUT2D eigenvalue weighted by molar-refractivity contribution is 0.602. The van der Waals surface area contributed by atoms with Gasteiger partial charge in [0.25, 0.3) is 0 Å². The van der Waals surface area contributed by atoms with Crippen LogP contribution in [0.1, 0.15) is 58.8 Å². The summed E-state index contributed by atoms with van der Waals surface area (Å²) in [7, 11) is 0. The molecule has 0 nitrogen and oxygen atoms in total. The van der Waals surface area contributed by atoms with E-state index in [2.05, 4.69) is 40.2 Å². The predicted molar refractivity (Wildman–Crippen MR) is 66.2 cm³/mol. The smallest absolute Gasteiger partial charge is 0.0533 e. The van der Waals surface area contributed by atoms with E-state index in [1.807, 2.05) is 0 Å². The highest BCUT2D eigenvalue weighted by atomic mass is 13.9. The molecule has 0 fully saturated rings. The van der Waals surface area contributed by atoms with Crippen LogP contribution in [-0.4, -0.2) is 0 Å². The molecular formula is C13H28. The SMILES string of the molecule is C=C.C=C.CCCCCCCCC. The molecule has 0 heteroatoms. The maximum absolute atomic E-state index is 3.00. The van der Waals surface area contributed by atoms with Crippen LogP contribution in [-0.2, 0) is 0 Å². The molecule has 0 aromatic carbocycles. The van der Waals surface area contributed by atoms with Gasteiger partial charge in [-0.25, -0.2) is 0 Å². The molecule has 0 N–H and O–H groups in total. The van der Waals surface area contributed by atoms with E-state index in [1.165, 1.54) is 44.9 Å². The lowest BCUT2D eigenvalue weighted by atomic mass is 10.1. The molecule has 13 heavy (non-hydrogen) atoms. The Kier molecular flexibility index (Phi) is 42.3. The first-order chi connectivity index (χ1) is 6.41. The van der Waals surface area contributed by atoms with Gasteiger partial charge in [0, 0.05) is 0 Å². The molecule has 0 aliphatic carbocycles. The lowest BCUT2D eigenvalue weighted by Crippen LogP contribution is -1.76. The fourth-order valence-electron chi connectivity index (χ4n) is 1.03. The second-order valence-corrected chi connectivity index (χ2v) is 2.77. The van der Waals surface area contributed by atoms with Gasteiger partial charge >= 0.3 is 0 Å². The molecule has 0 aliphatic heterocycles. The van der Waals surface area contributed by atoms with Crippen LogP contribution >= 0.6 is 0 Å². The van der Waals surface area contributed by atoms with Crippen molar-refractivity contribution in [3.05, 3.63) is 26.3 Å². The zero-order chi connectivity index (χ0) is 10.9. The molecule has 0 aromatic heterocycles. The Morgan fingerprint density at radius 3 is 1.00 bits per heavy atom. The van der Waals surface area contributed by atoms with Crippen molar-refractivity contribution in [1.29, 1.82) is 0 Å². The van der Waals surface area contributed by atoms with Crippen LogP contribution in [0.2, 0.25) is 0 Å². The molecule has 0 bridgehead atoms. The maximum atomic E-state index is 3.00. The van der Waals surface area contributed by atoms with Gasteiger partial charge in [-0.05, 0) is 0 Å². The van der Waals surface area contributed by atoms with Crippen LogP contribution in [0.5, 0.6) is 0 Å². The average Bonchev–Trinajstić information content (AvgIpc) is 2.24. The third-order valence-electron chi connectivity index (χ3n) is 1.71. The number of rotatable bonds is 6. The molecule has 0 heterocycles. The Hall–Kier alpha value is -0.520. The first-order valence-electron chi connectivity index (χ1n) is 5.41. The highest BCUT2D eigenvalue weighted by Crippen LogP contribution is 2.05. The summed E-state index contributed by atoms with van der Waals surface area (Å²) < 4.78 is 0. The fourth-order valence-corrected chi connectivity index (χ4v) is 1.03. The molecule has 0 radical (unpaired) electrons. The van der Waals surface area contributed by atoms with E-state index in [0.29, 0.717) is 0 Å². The highest BCUT2D eigenvalue weighted by Gasteiger charge is 1.85. The molecule has 0 atom stereocenters. The number of hydrogen-bond donors (Lipinski definition) is 0. The van der Waals surface area contributed by atoms with Gasteiger partial charge in [0.15, 0.2) is 0 Å². The van der Waals surface area contributed by atoms with Gasteiger partial charge in [-0.1, -0.05) is 58.8 Å². The number of unbranched alkanes of at least 4 members (excludes halogenated alkanes) is 6. The van der Waals surface area contributed by atoms with Crippen molar-refractivity contribution in [1.82, 2.24) is 0 Å². The minimum Gasteiger partial charge on any atom is -0.106 e. The first-order valence-corrected chi connectivity index (χ1v) is 5.41. The summed E-state index contributed by atoms with van der Waals surface area (Å²) >= 11 is 0. The topological polar surface area (TPSA) is 0 Å². The normalized spacial score (nSPS) is 7.54. The van der Waals surface area contributed by atoms with Crippen molar-refractivity contribution >= 4 is 0 Å². The predicted octanol–water partition coefficient (Wildman–Crippen LogP) is 5.36. The molecule has 0 amide bonds. The Balaban J connectivity index is -0.000000218. The van der Waals surface area contributed by atoms with E-state index in [1.54, 1.807) is 0 Å². The van der Waals surface area contributed by atoms with E-state index >= 15 is 0 Å². The van der Waals surface area contributed by atoms with Gasteiger partial charge in [-0.2, -0.15) is 0 Å². The van der Waals surface area contributed by atoms with Crippen LogP contribution in [0.25, 0.3) is 0 Å². The summed E-state index contributed by atoms with van der Waals surface area (Å²) in [5, 5.41) is 0. The molecule has 0 aromatic rings. The van der Waals surface area contributed by atoms with Crippen LogP contribution in [0.4, 0.5) is 0 Å². The first kappa shape index (κ1) is 18.3. The van der Waals surface area contributed by atoms with Crippen molar-refractivity contribution in [3.63, 3.8) is 0 Å². The molecule has 0 unspecified atom stereocenters. The molecule has 0 rings (SSSR count). The van der Waals surface area contributed by atoms with Crippen molar-refractivity contribution in [2.45, 2.75) is 58.8 Å². The second kappa shape index (κ2) is 30.0. The minimum absolute atomic E-state index is 1.37. The van der Waals surface area contributed by atoms with Gasteiger partial charge < -0.3 is 0 Å². The minimum atomic E-state index is 1.37. The van der Waals surface area contributed by atoms with Crippen LogP contribution in [0.15, 0.2) is 26.3 Å². The van der Waals surface area contributed by atoms with E-state index in [9.17, 15) is 0 Å². The average molecular weight is 184 g/mol. The maximum Gasteiger partial charge on any atom is -0.0533 e. The molecule has 0 aliphatic rings. The third-order valence-corrected chi connectivity index (χ3v) is 1.71. The zero-order valence-corrected chi connectivity index (χ0v) is 9.78. The van der Waals surface area contributed by atoms with Crippen LogP contribution < -0.4 is 0 Å². The fraction of sp³-hybridized carbons (Fsp3) is 0.692. The summed E-state index contributed by atoms with van der Waals surface area (Å²) in [6, 6.07) is 0. The lowest BCUT2D eigenvalue weighted by Gasteiger charge is -1.96. The van der Waals surface area contributed by atoms with Crippen molar-refractivity contribution < 1.29 is 0 Å². The molecule has 0 saturated heterocycles. The van der Waals surface area contributed by atoms with E-state index < -0.39 is 0 Å². The summed E-state index contributed by atoms with van der Waals surface area (Å²) in [4.78, 5) is 0. The molecular weight excluding hydrogens is 156 g/mol. The van der Waals surface area contributed by atoms with Gasteiger partial charge in [0.05, 0.1) is 0 Å². The van der Waals surface area contributed by atoms with Crippen molar-refractivity contribution in [3.8, 4) is 0 Å². The summed E-state index contributed by atoms with van der Waals surface area (Å²) in [5.74, 6) is 0. The van der Waals surface area contributed by atoms with E-state index in [4.69, 9.17) is 0 Å². The largest absolute Gasteiger partial charge is 0.106 e. The molecule has 80 valence electrons. The van der Waals surface area contributed by atoms with Gasteiger partial charge in [-0.15, -0.1) is 26.3 Å². The van der Waals surface area contributed by atoms with Crippen LogP contribution in [0.3, 0.4) is 0 Å². The number of hydrogen-bond acceptors (Lipinski definition) is 0. The van der Waals surface area contributed by atoms with Gasteiger partial charge in [0.1, 0.15) is 0 Å². The summed E-state index contributed by atoms with van der Waals surface area (Å²) in [6.07, 6.45) is 9.97. The van der Waals surface area contributed by atoms with Crippen molar-refractivity contribution in [2.24, 2.45) is 0 Å². The monoisotopic (exact) mass is 184 g/mol. The van der Waals surface area contributed by atoms with Crippen LogP contribution in [0, 0.1) is 0 Å². The van der Waals surface area contributed by atoms with E-state index in [0.717, 1.165) is 0 Å². The quantitative estimate of drug-likeness (QED) is 0.385. The Bertz CT molecular complexity index is 49.1. The highest BCUT2D eigenvalue weighted by molar-refractivity contribution is 4.41. The van der Waals surface area contributed by atoms with Crippen molar-refractivity contribution in [2.75, 3.05) is 0 Å². The summed E-state index contributed by atoms with van der Waals surface area (Å²) in [5.41, 5.74) is 0. The zero-order valence-electron chi connectivity index (χ0n) is 9.78. The Morgan fingerprint density at radius 2 is 0.769 bits per heavy atom. The molecule has 0 spiro atoms. The van der Waals surface area contributed by atoms with E-state index in [-0.39, 0.29) is 0 Å². The Labute approximate surface area is 85.8 Å². The van der Waals surface area contributed by atoms with Gasteiger partial charge in [0.2, 0.25) is 0 Å². The third kappa shape index (κ3) is 34.4. The Morgan fingerprint density at radius 1 is 0.538 bits per heavy atom. The van der Waals surface area contributed by atoms with Gasteiger partial charge in [-0.3, -0.25) is 0 Å². The standard InChI is InChI=1S/C9H20.2C2H4/c1-3-5-7-9-8-6-4-2;2*1-2/h3-9H2,1-2H3;2*1-2H2.